The molecule has 0 radical (unpaired) electrons. The van der Waals surface area contributed by atoms with Gasteiger partial charge in [-0.3, -0.25) is 0 Å². The standard InChI is InChI=1S/C35H27IN.Li/c1-22-17-25(14-16-33(22)36)30-19-26(20-31-28-11-7-8-12-32(28)35(2,3)34(30)31)29-18-23(21-37)13-15-27(29)24-9-5-4-6-10-24;/h4-20,37H,1-3H3;/q-1;+1. The fraction of sp³-hybridized carbons (Fsp3) is 0.114. The van der Waals surface area contributed by atoms with E-state index in [4.69, 9.17) is 5.41 Å². The molecule has 0 amide bonds. The molecule has 180 valence electrons. The van der Waals surface area contributed by atoms with Crippen LogP contribution in [0.3, 0.4) is 0 Å². The van der Waals surface area contributed by atoms with Crippen molar-refractivity contribution in [2.75, 3.05) is 0 Å². The molecule has 1 nitrogen and oxygen atoms in total. The minimum Gasteiger partial charge on any atom is -0.376 e. The molecule has 0 aliphatic heterocycles. The van der Waals surface area contributed by atoms with Crippen LogP contribution in [0, 0.1) is 15.9 Å². The SMILES string of the molecule is Cc1cc(-c2cc(-c3cc([C-]=N)ccc3-c3ccccc3)cc3c2C(C)(C)c2ccccc2-3)ccc1I.[Li+]. The molecule has 0 bridgehead atoms. The molecule has 38 heavy (non-hydrogen) atoms. The summed E-state index contributed by atoms with van der Waals surface area (Å²) >= 11 is 2.41. The van der Waals surface area contributed by atoms with Crippen molar-refractivity contribution in [3.05, 3.63) is 129 Å². The quantitative estimate of drug-likeness (QED) is 0.103. The molecule has 0 saturated carbocycles. The van der Waals surface area contributed by atoms with Crippen molar-refractivity contribution >= 4 is 28.8 Å². The first-order valence-corrected chi connectivity index (χ1v) is 13.6. The molecule has 0 atom stereocenters. The van der Waals surface area contributed by atoms with Crippen molar-refractivity contribution in [3.63, 3.8) is 0 Å². The van der Waals surface area contributed by atoms with Crippen LogP contribution >= 0.6 is 22.6 Å². The second kappa shape index (κ2) is 10.3. The zero-order valence-corrected chi connectivity index (χ0v) is 24.4. The van der Waals surface area contributed by atoms with Crippen molar-refractivity contribution in [2.24, 2.45) is 0 Å². The first kappa shape index (κ1) is 26.7. The summed E-state index contributed by atoms with van der Waals surface area (Å²) in [5.41, 5.74) is 14.5. The van der Waals surface area contributed by atoms with Crippen LogP contribution in [0.5, 0.6) is 0 Å². The van der Waals surface area contributed by atoms with E-state index in [1.165, 1.54) is 48.1 Å². The summed E-state index contributed by atoms with van der Waals surface area (Å²) < 4.78 is 1.28. The van der Waals surface area contributed by atoms with Gasteiger partial charge in [0.1, 0.15) is 0 Å². The van der Waals surface area contributed by atoms with Gasteiger partial charge in [-0.25, -0.2) is 0 Å². The molecule has 0 spiro atoms. The van der Waals surface area contributed by atoms with Crippen molar-refractivity contribution in [3.8, 4) is 44.5 Å². The van der Waals surface area contributed by atoms with Crippen LogP contribution in [0.2, 0.25) is 0 Å². The summed E-state index contributed by atoms with van der Waals surface area (Å²) in [6, 6.07) is 37.1. The number of nitrogens with one attached hydrogen (secondary N) is 1. The molecule has 0 unspecified atom stereocenters. The van der Waals surface area contributed by atoms with E-state index in [1.54, 1.807) is 0 Å². The number of benzene rings is 5. The number of hydrogen-bond donors (Lipinski definition) is 1. The fourth-order valence-electron chi connectivity index (χ4n) is 5.85. The van der Waals surface area contributed by atoms with Gasteiger partial charge in [0.25, 0.3) is 0 Å². The Balaban J connectivity index is 0.00000294. The van der Waals surface area contributed by atoms with Crippen LogP contribution in [0.25, 0.3) is 44.5 Å². The fourth-order valence-corrected chi connectivity index (χ4v) is 6.19. The Morgan fingerprint density at radius 3 is 2.08 bits per heavy atom. The molecule has 0 fully saturated rings. The molecular formula is C35H27ILiN. The summed E-state index contributed by atoms with van der Waals surface area (Å²) in [4.78, 5) is 0. The first-order chi connectivity index (χ1) is 17.9. The third kappa shape index (κ3) is 4.39. The Bertz CT molecular complexity index is 1680. The van der Waals surface area contributed by atoms with Crippen molar-refractivity contribution < 1.29 is 18.9 Å². The Hall–Kier alpha value is -2.90. The van der Waals surface area contributed by atoms with Crippen LogP contribution in [-0.4, -0.2) is 6.21 Å². The van der Waals surface area contributed by atoms with Crippen LogP contribution in [0.15, 0.2) is 103 Å². The van der Waals surface area contributed by atoms with E-state index in [0.29, 0.717) is 0 Å². The molecule has 5 aromatic carbocycles. The molecule has 0 heterocycles. The van der Waals surface area contributed by atoms with Crippen molar-refractivity contribution in [1.29, 1.82) is 5.41 Å². The second-order valence-electron chi connectivity index (χ2n) is 10.3. The third-order valence-electron chi connectivity index (χ3n) is 7.68. The Morgan fingerprint density at radius 2 is 1.34 bits per heavy atom. The van der Waals surface area contributed by atoms with Gasteiger partial charge in [0, 0.05) is 8.99 Å². The van der Waals surface area contributed by atoms with Crippen molar-refractivity contribution in [1.82, 2.24) is 0 Å². The van der Waals surface area contributed by atoms with Gasteiger partial charge in [0.2, 0.25) is 0 Å². The van der Waals surface area contributed by atoms with Gasteiger partial charge < -0.3 is 5.41 Å². The van der Waals surface area contributed by atoms with Gasteiger partial charge in [-0.15, -0.1) is 6.07 Å². The molecule has 0 aromatic heterocycles. The Labute approximate surface area is 251 Å². The molecule has 6 rings (SSSR count). The second-order valence-corrected chi connectivity index (χ2v) is 11.5. The van der Waals surface area contributed by atoms with Crippen molar-refractivity contribution in [2.45, 2.75) is 26.2 Å². The maximum Gasteiger partial charge on any atom is 1.00 e. The topological polar surface area (TPSA) is 23.9 Å². The molecule has 1 N–H and O–H groups in total. The smallest absolute Gasteiger partial charge is 0.376 e. The summed E-state index contributed by atoms with van der Waals surface area (Å²) in [5, 5.41) is 7.82. The van der Waals surface area contributed by atoms with E-state index in [9.17, 15) is 0 Å². The van der Waals surface area contributed by atoms with E-state index >= 15 is 0 Å². The van der Waals surface area contributed by atoms with E-state index in [2.05, 4.69) is 147 Å². The zero-order chi connectivity index (χ0) is 25.7. The average Bonchev–Trinajstić information content (AvgIpc) is 3.16. The van der Waals surface area contributed by atoms with Gasteiger partial charge in [0.05, 0.1) is 0 Å². The summed E-state index contributed by atoms with van der Waals surface area (Å²) in [6.45, 7) is 6.88. The summed E-state index contributed by atoms with van der Waals surface area (Å²) in [6.07, 6.45) is 2.61. The number of rotatable bonds is 4. The predicted molar refractivity (Wildman–Crippen MR) is 165 cm³/mol. The average molecular weight is 595 g/mol. The minimum absolute atomic E-state index is 0. The van der Waals surface area contributed by atoms with E-state index < -0.39 is 0 Å². The number of fused-ring (bicyclic) bond motifs is 3. The third-order valence-corrected chi connectivity index (χ3v) is 8.89. The van der Waals surface area contributed by atoms with Crippen LogP contribution < -0.4 is 18.9 Å². The molecule has 1 aliphatic rings. The van der Waals surface area contributed by atoms with Crippen LogP contribution in [-0.2, 0) is 5.41 Å². The monoisotopic (exact) mass is 595 g/mol. The normalized spacial score (nSPS) is 12.8. The van der Waals surface area contributed by atoms with Gasteiger partial charge in [-0.2, -0.15) is 17.7 Å². The van der Waals surface area contributed by atoms with E-state index in [-0.39, 0.29) is 24.3 Å². The number of aryl methyl sites for hydroxylation is 1. The first-order valence-electron chi connectivity index (χ1n) is 12.6. The maximum atomic E-state index is 7.82. The summed E-state index contributed by atoms with van der Waals surface area (Å²) in [5.74, 6) is 0. The van der Waals surface area contributed by atoms with Crippen LogP contribution in [0.1, 0.15) is 36.1 Å². The van der Waals surface area contributed by atoms with E-state index in [0.717, 1.165) is 22.3 Å². The van der Waals surface area contributed by atoms with Crippen LogP contribution in [0.4, 0.5) is 0 Å². The Kier molecular flexibility index (Phi) is 7.27. The largest absolute Gasteiger partial charge is 1.00 e. The van der Waals surface area contributed by atoms with Gasteiger partial charge in [-0.1, -0.05) is 92.4 Å². The molecule has 5 aromatic rings. The molecule has 3 heteroatoms. The number of halogens is 1. The summed E-state index contributed by atoms with van der Waals surface area (Å²) in [7, 11) is 0. The predicted octanol–water partition coefficient (Wildman–Crippen LogP) is 6.79. The number of hydrogen-bond acceptors (Lipinski definition) is 1. The maximum absolute atomic E-state index is 7.82. The molecular weight excluding hydrogens is 568 g/mol. The van der Waals surface area contributed by atoms with Gasteiger partial charge in [-0.05, 0) is 103 Å². The molecule has 0 saturated heterocycles. The van der Waals surface area contributed by atoms with Gasteiger partial charge in [0.15, 0.2) is 0 Å². The van der Waals surface area contributed by atoms with E-state index in [1.807, 2.05) is 6.07 Å². The minimum atomic E-state index is -0.108. The Morgan fingerprint density at radius 1 is 0.632 bits per heavy atom. The molecule has 1 aliphatic carbocycles. The van der Waals surface area contributed by atoms with Gasteiger partial charge >= 0.3 is 18.9 Å². The zero-order valence-electron chi connectivity index (χ0n) is 22.2.